The van der Waals surface area contributed by atoms with Crippen molar-refractivity contribution < 1.29 is 14.3 Å². The van der Waals surface area contributed by atoms with Gasteiger partial charge < -0.3 is 10.1 Å². The molecule has 0 saturated heterocycles. The monoisotopic (exact) mass is 412 g/mol. The van der Waals surface area contributed by atoms with Crippen molar-refractivity contribution in [1.29, 1.82) is 5.26 Å². The maximum Gasteiger partial charge on any atom is 0.277 e. The zero-order valence-electron chi connectivity index (χ0n) is 16.8. The summed E-state index contributed by atoms with van der Waals surface area (Å²) in [5, 5.41) is 15.4. The van der Waals surface area contributed by atoms with Crippen LogP contribution >= 0.6 is 0 Å². The highest BCUT2D eigenvalue weighted by Crippen LogP contribution is 2.22. The van der Waals surface area contributed by atoms with E-state index in [2.05, 4.69) is 21.9 Å². The molecule has 0 atom stereocenters. The quantitative estimate of drug-likeness (QED) is 0.456. The second-order valence-corrected chi connectivity index (χ2v) is 6.60. The van der Waals surface area contributed by atoms with Gasteiger partial charge in [0.2, 0.25) is 5.91 Å². The molecule has 0 aliphatic heterocycles. The topological polar surface area (TPSA) is 104 Å². The number of benzene rings is 3. The van der Waals surface area contributed by atoms with Gasteiger partial charge in [-0.25, -0.2) is 5.43 Å². The lowest BCUT2D eigenvalue weighted by Gasteiger charge is -2.07. The summed E-state index contributed by atoms with van der Waals surface area (Å²) in [5.74, 6) is 0.0324. The fraction of sp³-hybridized carbons (Fsp3) is 0.0833. The van der Waals surface area contributed by atoms with Gasteiger partial charge in [-0.1, -0.05) is 36.4 Å². The average Bonchev–Trinajstić information content (AvgIpc) is 2.79. The third kappa shape index (κ3) is 6.54. The van der Waals surface area contributed by atoms with Crippen LogP contribution < -0.4 is 15.5 Å². The first kappa shape index (κ1) is 21.3. The van der Waals surface area contributed by atoms with E-state index in [9.17, 15) is 9.59 Å². The molecule has 0 saturated carbocycles. The Morgan fingerprint density at radius 2 is 1.58 bits per heavy atom. The summed E-state index contributed by atoms with van der Waals surface area (Å²) in [6.07, 6.45) is 1.50. The second kappa shape index (κ2) is 10.4. The lowest BCUT2D eigenvalue weighted by atomic mass is 10.0. The molecule has 0 spiro atoms. The highest BCUT2D eigenvalue weighted by atomic mass is 16.5. The van der Waals surface area contributed by atoms with Crippen molar-refractivity contribution in [2.45, 2.75) is 6.92 Å². The van der Waals surface area contributed by atoms with E-state index in [1.807, 2.05) is 24.3 Å². The highest BCUT2D eigenvalue weighted by molar-refractivity contribution is 5.89. The van der Waals surface area contributed by atoms with E-state index in [0.29, 0.717) is 17.0 Å². The molecule has 2 N–H and O–H groups in total. The molecular formula is C24H20N4O3. The van der Waals surface area contributed by atoms with Crippen molar-refractivity contribution >= 4 is 23.7 Å². The Kier molecular flexibility index (Phi) is 7.12. The van der Waals surface area contributed by atoms with Crippen molar-refractivity contribution in [2.75, 3.05) is 11.9 Å². The summed E-state index contributed by atoms with van der Waals surface area (Å²) < 4.78 is 5.48. The van der Waals surface area contributed by atoms with Gasteiger partial charge in [-0.15, -0.1) is 0 Å². The summed E-state index contributed by atoms with van der Waals surface area (Å²) in [4.78, 5) is 22.9. The number of hydrazone groups is 1. The van der Waals surface area contributed by atoms with Crippen LogP contribution in [0.25, 0.3) is 11.1 Å². The van der Waals surface area contributed by atoms with Crippen LogP contribution in [0.3, 0.4) is 0 Å². The molecule has 154 valence electrons. The molecule has 3 rings (SSSR count). The van der Waals surface area contributed by atoms with Gasteiger partial charge in [-0.2, -0.15) is 10.4 Å². The van der Waals surface area contributed by atoms with Crippen molar-refractivity contribution in [2.24, 2.45) is 5.10 Å². The molecule has 3 aromatic carbocycles. The van der Waals surface area contributed by atoms with E-state index in [0.717, 1.165) is 16.7 Å². The Bertz CT molecular complexity index is 1110. The molecule has 31 heavy (non-hydrogen) atoms. The number of carbonyl (C=O) groups excluding carboxylic acids is 2. The molecule has 0 aliphatic rings. The largest absolute Gasteiger partial charge is 0.484 e. The molecule has 0 unspecified atom stereocenters. The number of amides is 2. The zero-order valence-corrected chi connectivity index (χ0v) is 16.8. The SMILES string of the molecule is CC(=O)Nc1ccc(C=NNC(=O)COc2ccc(-c3ccc(C#N)cc3)cc2)cc1. The Morgan fingerprint density at radius 1 is 0.968 bits per heavy atom. The van der Waals surface area contributed by atoms with Crippen LogP contribution in [0, 0.1) is 11.3 Å². The first-order valence-corrected chi connectivity index (χ1v) is 9.46. The van der Waals surface area contributed by atoms with Crippen LogP contribution in [0.15, 0.2) is 77.9 Å². The molecule has 3 aromatic rings. The van der Waals surface area contributed by atoms with E-state index in [1.54, 1.807) is 48.5 Å². The number of rotatable bonds is 7. The van der Waals surface area contributed by atoms with E-state index in [4.69, 9.17) is 10.00 Å². The Morgan fingerprint density at radius 3 is 2.16 bits per heavy atom. The summed E-state index contributed by atoms with van der Waals surface area (Å²) in [6, 6.07) is 23.8. The number of nitrogens with one attached hydrogen (secondary N) is 2. The minimum absolute atomic E-state index is 0.141. The smallest absolute Gasteiger partial charge is 0.277 e. The van der Waals surface area contributed by atoms with Crippen LogP contribution in [-0.2, 0) is 9.59 Å². The first-order chi connectivity index (χ1) is 15.0. The molecule has 0 radical (unpaired) electrons. The molecule has 2 amide bonds. The second-order valence-electron chi connectivity index (χ2n) is 6.60. The molecule has 0 aliphatic carbocycles. The number of hydrogen-bond donors (Lipinski definition) is 2. The van der Waals surface area contributed by atoms with Crippen molar-refractivity contribution in [3.63, 3.8) is 0 Å². The molecule has 0 bridgehead atoms. The van der Waals surface area contributed by atoms with Crippen LogP contribution in [-0.4, -0.2) is 24.6 Å². The van der Waals surface area contributed by atoms with Crippen molar-refractivity contribution in [1.82, 2.24) is 5.43 Å². The number of hydrogen-bond acceptors (Lipinski definition) is 5. The lowest BCUT2D eigenvalue weighted by Crippen LogP contribution is -2.24. The summed E-state index contributed by atoms with van der Waals surface area (Å²) >= 11 is 0. The van der Waals surface area contributed by atoms with Gasteiger partial charge in [-0.05, 0) is 53.1 Å². The number of ether oxygens (including phenoxy) is 1. The molecule has 0 fully saturated rings. The summed E-state index contributed by atoms with van der Waals surface area (Å²) in [5.41, 5.74) is 6.45. The molecule has 0 aromatic heterocycles. The van der Waals surface area contributed by atoms with Crippen LogP contribution in [0.4, 0.5) is 5.69 Å². The highest BCUT2D eigenvalue weighted by Gasteiger charge is 2.03. The first-order valence-electron chi connectivity index (χ1n) is 9.46. The van der Waals surface area contributed by atoms with Gasteiger partial charge in [0.1, 0.15) is 5.75 Å². The maximum absolute atomic E-state index is 11.9. The third-order valence-electron chi connectivity index (χ3n) is 4.21. The fourth-order valence-electron chi connectivity index (χ4n) is 2.70. The van der Waals surface area contributed by atoms with Gasteiger partial charge in [0.05, 0.1) is 17.8 Å². The fourth-order valence-corrected chi connectivity index (χ4v) is 2.70. The van der Waals surface area contributed by atoms with E-state index in [-0.39, 0.29) is 18.4 Å². The maximum atomic E-state index is 11.9. The third-order valence-corrected chi connectivity index (χ3v) is 4.21. The molecule has 0 heterocycles. The summed E-state index contributed by atoms with van der Waals surface area (Å²) in [6.45, 7) is 1.27. The average molecular weight is 412 g/mol. The Balaban J connectivity index is 1.46. The molecule has 7 heteroatoms. The number of nitrogens with zero attached hydrogens (tertiary/aromatic N) is 2. The van der Waals surface area contributed by atoms with Gasteiger partial charge in [0.25, 0.3) is 5.91 Å². The van der Waals surface area contributed by atoms with Crippen LogP contribution in [0.1, 0.15) is 18.1 Å². The van der Waals surface area contributed by atoms with Gasteiger partial charge in [0.15, 0.2) is 6.61 Å². The number of nitriles is 1. The van der Waals surface area contributed by atoms with Crippen molar-refractivity contribution in [3.8, 4) is 22.9 Å². The van der Waals surface area contributed by atoms with E-state index in [1.165, 1.54) is 13.1 Å². The number of anilines is 1. The summed E-state index contributed by atoms with van der Waals surface area (Å²) in [7, 11) is 0. The zero-order chi connectivity index (χ0) is 22.1. The van der Waals surface area contributed by atoms with Crippen molar-refractivity contribution in [3.05, 3.63) is 83.9 Å². The van der Waals surface area contributed by atoms with Crippen LogP contribution in [0.2, 0.25) is 0 Å². The minimum atomic E-state index is -0.387. The lowest BCUT2D eigenvalue weighted by molar-refractivity contribution is -0.123. The van der Waals surface area contributed by atoms with E-state index >= 15 is 0 Å². The predicted molar refractivity (Wildman–Crippen MR) is 119 cm³/mol. The molecule has 7 nitrogen and oxygen atoms in total. The molecular weight excluding hydrogens is 392 g/mol. The Hall–Kier alpha value is -4.44. The minimum Gasteiger partial charge on any atom is -0.484 e. The van der Waals surface area contributed by atoms with E-state index < -0.39 is 0 Å². The standard InChI is InChI=1S/C24H20N4O3/c1-17(29)27-22-10-4-19(5-11-22)15-26-28-24(30)16-31-23-12-8-21(9-13-23)20-6-2-18(14-25)3-7-20/h2-13,15H,16H2,1H3,(H,27,29)(H,28,30). The predicted octanol–water partition coefficient (Wildman–Crippen LogP) is 3.71. The van der Waals surface area contributed by atoms with Gasteiger partial charge in [-0.3, -0.25) is 9.59 Å². The van der Waals surface area contributed by atoms with Gasteiger partial charge in [0, 0.05) is 12.6 Å². The number of carbonyl (C=O) groups is 2. The van der Waals surface area contributed by atoms with Crippen LogP contribution in [0.5, 0.6) is 5.75 Å². The normalized spacial score (nSPS) is 10.3. The van der Waals surface area contributed by atoms with Gasteiger partial charge >= 0.3 is 0 Å². The Labute approximate surface area is 180 Å².